The number of carbonyl (C=O) groups excluding carboxylic acids is 1. The molecule has 0 bridgehead atoms. The minimum absolute atomic E-state index is 0.134. The average molecular weight is 243 g/mol. The second-order valence-electron chi connectivity index (χ2n) is 5.53. The number of hydrogen-bond acceptors (Lipinski definition) is 4. The number of nitrogens with zero attached hydrogens (tertiary/aromatic N) is 1. The molecule has 0 aromatic heterocycles. The molecule has 1 fully saturated rings. The van der Waals surface area contributed by atoms with Crippen LogP contribution in [-0.4, -0.2) is 47.8 Å². The van der Waals surface area contributed by atoms with E-state index >= 15 is 0 Å². The monoisotopic (exact) mass is 243 g/mol. The summed E-state index contributed by atoms with van der Waals surface area (Å²) in [5, 5.41) is 9.74. The highest BCUT2D eigenvalue weighted by atomic mass is 16.5. The standard InChI is InChI=1S/C13H25NO3/c1-13(2,16)7-9-14-8-5-4-6-11(14)10-12(15)17-3/h11,16H,4-10H2,1-3H3. The molecular weight excluding hydrogens is 218 g/mol. The van der Waals surface area contributed by atoms with Gasteiger partial charge in [-0.2, -0.15) is 0 Å². The van der Waals surface area contributed by atoms with Crippen LogP contribution >= 0.6 is 0 Å². The SMILES string of the molecule is COC(=O)CC1CCCCN1CCC(C)(C)O. The van der Waals surface area contributed by atoms with Gasteiger partial charge in [-0.05, 0) is 39.7 Å². The molecule has 4 heteroatoms. The van der Waals surface area contributed by atoms with Gasteiger partial charge in [0.1, 0.15) is 0 Å². The molecule has 0 aromatic rings. The van der Waals surface area contributed by atoms with Crippen molar-refractivity contribution >= 4 is 5.97 Å². The first-order chi connectivity index (χ1) is 7.92. The molecule has 1 aliphatic rings. The van der Waals surface area contributed by atoms with Crippen molar-refractivity contribution in [3.8, 4) is 0 Å². The van der Waals surface area contributed by atoms with Crippen molar-refractivity contribution in [3.63, 3.8) is 0 Å². The Bertz CT molecular complexity index is 248. The molecule has 1 unspecified atom stereocenters. The van der Waals surface area contributed by atoms with Gasteiger partial charge in [0.2, 0.25) is 0 Å². The lowest BCUT2D eigenvalue weighted by molar-refractivity contribution is -0.142. The maximum atomic E-state index is 11.3. The normalized spacial score (nSPS) is 22.5. The second-order valence-corrected chi connectivity index (χ2v) is 5.53. The Morgan fingerprint density at radius 2 is 2.18 bits per heavy atom. The molecule has 0 aromatic carbocycles. The third-order valence-corrected chi connectivity index (χ3v) is 3.39. The van der Waals surface area contributed by atoms with Crippen molar-refractivity contribution in [1.29, 1.82) is 0 Å². The van der Waals surface area contributed by atoms with Gasteiger partial charge in [-0.1, -0.05) is 6.42 Å². The van der Waals surface area contributed by atoms with Crippen LogP contribution in [0.1, 0.15) is 46.0 Å². The number of rotatable bonds is 5. The average Bonchev–Trinajstić information content (AvgIpc) is 2.26. The number of esters is 1. The maximum absolute atomic E-state index is 11.3. The predicted molar refractivity (Wildman–Crippen MR) is 66.8 cm³/mol. The van der Waals surface area contributed by atoms with E-state index in [1.807, 2.05) is 13.8 Å². The van der Waals surface area contributed by atoms with E-state index in [9.17, 15) is 9.90 Å². The van der Waals surface area contributed by atoms with Gasteiger partial charge in [-0.15, -0.1) is 0 Å². The lowest BCUT2D eigenvalue weighted by atomic mass is 9.97. The van der Waals surface area contributed by atoms with Crippen LogP contribution in [0.3, 0.4) is 0 Å². The highest BCUT2D eigenvalue weighted by Crippen LogP contribution is 2.21. The Labute approximate surface area is 104 Å². The van der Waals surface area contributed by atoms with Gasteiger partial charge in [0.25, 0.3) is 0 Å². The van der Waals surface area contributed by atoms with E-state index in [2.05, 4.69) is 4.90 Å². The predicted octanol–water partition coefficient (Wildman–Crippen LogP) is 1.56. The summed E-state index contributed by atoms with van der Waals surface area (Å²) in [5.41, 5.74) is -0.632. The van der Waals surface area contributed by atoms with Crippen molar-refractivity contribution in [1.82, 2.24) is 4.90 Å². The molecule has 1 heterocycles. The molecule has 1 atom stereocenters. The van der Waals surface area contributed by atoms with Gasteiger partial charge >= 0.3 is 5.97 Å². The molecule has 4 nitrogen and oxygen atoms in total. The number of carbonyl (C=O) groups is 1. The molecule has 0 saturated carbocycles. The lowest BCUT2D eigenvalue weighted by Gasteiger charge is -2.36. The fourth-order valence-corrected chi connectivity index (χ4v) is 2.28. The fraction of sp³-hybridized carbons (Fsp3) is 0.923. The number of methoxy groups -OCH3 is 1. The van der Waals surface area contributed by atoms with Crippen molar-refractivity contribution < 1.29 is 14.6 Å². The number of hydrogen-bond donors (Lipinski definition) is 1. The van der Waals surface area contributed by atoms with Crippen LogP contribution in [0.15, 0.2) is 0 Å². The van der Waals surface area contributed by atoms with Crippen LogP contribution < -0.4 is 0 Å². The summed E-state index contributed by atoms with van der Waals surface area (Å²) in [4.78, 5) is 13.6. The Kier molecular flexibility index (Phi) is 5.40. The first kappa shape index (κ1) is 14.5. The number of aliphatic hydroxyl groups is 1. The van der Waals surface area contributed by atoms with Crippen molar-refractivity contribution in [2.75, 3.05) is 20.2 Å². The molecular formula is C13H25NO3. The Morgan fingerprint density at radius 3 is 2.76 bits per heavy atom. The van der Waals surface area contributed by atoms with E-state index in [0.717, 1.165) is 25.9 Å². The van der Waals surface area contributed by atoms with Gasteiger partial charge in [0.15, 0.2) is 0 Å². The Balaban J connectivity index is 2.45. The van der Waals surface area contributed by atoms with Crippen molar-refractivity contribution in [2.45, 2.75) is 57.6 Å². The molecule has 100 valence electrons. The van der Waals surface area contributed by atoms with Crippen LogP contribution in [0.5, 0.6) is 0 Å². The van der Waals surface area contributed by atoms with Crippen LogP contribution in [0.4, 0.5) is 0 Å². The van der Waals surface area contributed by atoms with Crippen LogP contribution in [0, 0.1) is 0 Å². The van der Waals surface area contributed by atoms with Crippen LogP contribution in [-0.2, 0) is 9.53 Å². The van der Waals surface area contributed by atoms with Crippen molar-refractivity contribution in [2.24, 2.45) is 0 Å². The van der Waals surface area contributed by atoms with E-state index in [-0.39, 0.29) is 5.97 Å². The largest absolute Gasteiger partial charge is 0.469 e. The summed E-state index contributed by atoms with van der Waals surface area (Å²) in [5.74, 6) is -0.134. The minimum Gasteiger partial charge on any atom is -0.469 e. The fourth-order valence-electron chi connectivity index (χ4n) is 2.28. The summed E-state index contributed by atoms with van der Waals surface area (Å²) >= 11 is 0. The molecule has 1 aliphatic heterocycles. The molecule has 1 rings (SSSR count). The molecule has 0 amide bonds. The smallest absolute Gasteiger partial charge is 0.307 e. The van der Waals surface area contributed by atoms with Gasteiger partial charge < -0.3 is 9.84 Å². The molecule has 17 heavy (non-hydrogen) atoms. The summed E-state index contributed by atoms with van der Waals surface area (Å²) in [6.45, 7) is 5.53. The third-order valence-electron chi connectivity index (χ3n) is 3.39. The first-order valence-corrected chi connectivity index (χ1v) is 6.45. The zero-order valence-corrected chi connectivity index (χ0v) is 11.2. The quantitative estimate of drug-likeness (QED) is 0.745. The highest BCUT2D eigenvalue weighted by molar-refractivity contribution is 5.69. The van der Waals surface area contributed by atoms with E-state index in [1.54, 1.807) is 0 Å². The Hall–Kier alpha value is -0.610. The number of piperidine rings is 1. The summed E-state index contributed by atoms with van der Waals surface area (Å²) in [6.07, 6.45) is 4.64. The van der Waals surface area contributed by atoms with E-state index in [4.69, 9.17) is 4.74 Å². The zero-order chi connectivity index (χ0) is 12.9. The Morgan fingerprint density at radius 1 is 1.47 bits per heavy atom. The molecule has 1 saturated heterocycles. The van der Waals surface area contributed by atoms with Crippen LogP contribution in [0.2, 0.25) is 0 Å². The molecule has 0 spiro atoms. The summed E-state index contributed by atoms with van der Waals surface area (Å²) in [6, 6.07) is 0.290. The highest BCUT2D eigenvalue weighted by Gasteiger charge is 2.26. The van der Waals surface area contributed by atoms with E-state index < -0.39 is 5.60 Å². The molecule has 0 radical (unpaired) electrons. The van der Waals surface area contributed by atoms with Gasteiger partial charge in [-0.25, -0.2) is 0 Å². The molecule has 1 N–H and O–H groups in total. The van der Waals surface area contributed by atoms with Gasteiger partial charge in [0.05, 0.1) is 19.1 Å². The third kappa shape index (κ3) is 5.50. The van der Waals surface area contributed by atoms with E-state index in [1.165, 1.54) is 20.0 Å². The zero-order valence-electron chi connectivity index (χ0n) is 11.2. The van der Waals surface area contributed by atoms with Crippen molar-refractivity contribution in [3.05, 3.63) is 0 Å². The molecule has 0 aliphatic carbocycles. The van der Waals surface area contributed by atoms with Gasteiger partial charge in [-0.3, -0.25) is 9.69 Å². The lowest BCUT2D eigenvalue weighted by Crippen LogP contribution is -2.43. The first-order valence-electron chi connectivity index (χ1n) is 6.45. The number of ether oxygens (including phenoxy) is 1. The summed E-state index contributed by atoms with van der Waals surface area (Å²) in [7, 11) is 1.44. The van der Waals surface area contributed by atoms with Gasteiger partial charge in [0, 0.05) is 12.6 Å². The summed E-state index contributed by atoms with van der Waals surface area (Å²) < 4.78 is 4.73. The van der Waals surface area contributed by atoms with E-state index in [0.29, 0.717) is 12.5 Å². The van der Waals surface area contributed by atoms with Crippen LogP contribution in [0.25, 0.3) is 0 Å². The maximum Gasteiger partial charge on any atom is 0.307 e. The number of likely N-dealkylation sites (tertiary alicyclic amines) is 1. The second kappa shape index (κ2) is 6.36. The topological polar surface area (TPSA) is 49.8 Å². The minimum atomic E-state index is -0.632.